The second kappa shape index (κ2) is 11.6. The zero-order valence-electron chi connectivity index (χ0n) is 26.4. The van der Waals surface area contributed by atoms with Crippen molar-refractivity contribution >= 4 is 17.6 Å². The lowest BCUT2D eigenvalue weighted by Crippen LogP contribution is -2.39. The predicted octanol–water partition coefficient (Wildman–Crippen LogP) is 6.16. The molecule has 0 aliphatic carbocycles. The minimum atomic E-state index is -1.14. The number of carbonyl (C=O) groups is 1. The third-order valence-electron chi connectivity index (χ3n) is 8.53. The monoisotopic (exact) mass is 582 g/mol. The number of rotatable bonds is 6. The number of fused-ring (bicyclic) bond motifs is 1. The maximum atomic E-state index is 12.8. The Kier molecular flexibility index (Phi) is 8.19. The Balaban J connectivity index is 1.60. The number of hydrogen-bond acceptors (Lipinski definition) is 8. The van der Waals surface area contributed by atoms with Crippen molar-refractivity contribution in [1.29, 1.82) is 5.26 Å². The zero-order valence-corrected chi connectivity index (χ0v) is 26.4. The highest BCUT2D eigenvalue weighted by atomic mass is 16.5. The lowest BCUT2D eigenvalue weighted by atomic mass is 9.81. The summed E-state index contributed by atoms with van der Waals surface area (Å²) in [5.74, 6) is -0.394. The number of aromatic nitrogens is 3. The number of pyridine rings is 1. The van der Waals surface area contributed by atoms with Gasteiger partial charge in [-0.1, -0.05) is 32.0 Å². The predicted molar refractivity (Wildman–Crippen MR) is 167 cm³/mol. The van der Waals surface area contributed by atoms with Gasteiger partial charge in [-0.15, -0.1) is 0 Å². The first-order valence-electron chi connectivity index (χ1n) is 15.0. The first-order chi connectivity index (χ1) is 20.3. The summed E-state index contributed by atoms with van der Waals surface area (Å²) in [6.45, 7) is 17.3. The van der Waals surface area contributed by atoms with Crippen LogP contribution in [-0.4, -0.2) is 51.3 Å². The molecule has 2 aliphatic rings. The number of nitriles is 1. The molecule has 0 saturated carbocycles. The number of ether oxygens (including phenoxy) is 1. The molecule has 1 unspecified atom stereocenters. The topological polar surface area (TPSA) is 115 Å². The summed E-state index contributed by atoms with van der Waals surface area (Å²) in [5.41, 5.74) is 7.62. The minimum Gasteiger partial charge on any atom is -0.479 e. The Bertz CT molecular complexity index is 1560. The smallest absolute Gasteiger partial charge is 0.337 e. The first-order valence-corrected chi connectivity index (χ1v) is 15.0. The molecule has 0 radical (unpaired) electrons. The quantitative estimate of drug-likeness (QED) is 0.365. The van der Waals surface area contributed by atoms with E-state index in [1.54, 1.807) is 12.4 Å². The van der Waals surface area contributed by atoms with Crippen LogP contribution >= 0.6 is 0 Å². The van der Waals surface area contributed by atoms with E-state index in [1.165, 1.54) is 11.1 Å². The maximum Gasteiger partial charge on any atom is 0.337 e. The Morgan fingerprint density at radius 2 is 1.72 bits per heavy atom. The van der Waals surface area contributed by atoms with Crippen LogP contribution in [0.3, 0.4) is 0 Å². The Hall–Kier alpha value is -4.03. The van der Waals surface area contributed by atoms with E-state index in [0.29, 0.717) is 29.3 Å². The largest absolute Gasteiger partial charge is 0.479 e. The summed E-state index contributed by atoms with van der Waals surface area (Å²) >= 11 is 0. The number of carboxylic acid groups (broad SMARTS) is 1. The summed E-state index contributed by atoms with van der Waals surface area (Å²) in [4.78, 5) is 31.0. The number of aliphatic carboxylic acids is 1. The van der Waals surface area contributed by atoms with Gasteiger partial charge in [0.05, 0.1) is 29.2 Å². The highest BCUT2D eigenvalue weighted by Crippen LogP contribution is 2.45. The van der Waals surface area contributed by atoms with E-state index >= 15 is 0 Å². The van der Waals surface area contributed by atoms with Crippen LogP contribution in [0.15, 0.2) is 30.6 Å². The third-order valence-corrected chi connectivity index (χ3v) is 8.53. The summed E-state index contributed by atoms with van der Waals surface area (Å²) in [6, 6.07) is 8.60. The van der Waals surface area contributed by atoms with Crippen LogP contribution < -0.4 is 9.80 Å². The SMILES string of the molecule is Cc1nc(C)c(C(OC(C)(C)C)C(=O)O)c(N2CCC(C)(C)CC2)c1-c1ccc2c(c1)CCN(c1ncc(C#N)cn1)C2. The molecule has 0 amide bonds. The molecule has 3 aromatic rings. The van der Waals surface area contributed by atoms with Crippen LogP contribution in [0, 0.1) is 30.6 Å². The van der Waals surface area contributed by atoms with Gasteiger partial charge in [-0.05, 0) is 76.0 Å². The Morgan fingerprint density at radius 3 is 2.33 bits per heavy atom. The number of benzene rings is 1. The number of nitrogens with zero attached hydrogens (tertiary/aromatic N) is 6. The molecule has 2 aromatic heterocycles. The van der Waals surface area contributed by atoms with Crippen molar-refractivity contribution in [1.82, 2.24) is 15.0 Å². The molecule has 1 aromatic carbocycles. The molecule has 226 valence electrons. The van der Waals surface area contributed by atoms with Crippen LogP contribution in [0.1, 0.15) is 87.2 Å². The van der Waals surface area contributed by atoms with Gasteiger partial charge in [0.15, 0.2) is 6.10 Å². The van der Waals surface area contributed by atoms with E-state index in [2.05, 4.69) is 57.9 Å². The van der Waals surface area contributed by atoms with Gasteiger partial charge in [-0.3, -0.25) is 4.98 Å². The third kappa shape index (κ3) is 6.50. The van der Waals surface area contributed by atoms with Crippen LogP contribution in [0.2, 0.25) is 0 Å². The fourth-order valence-electron chi connectivity index (χ4n) is 6.18. The molecular formula is C34H42N6O3. The summed E-state index contributed by atoms with van der Waals surface area (Å²) in [6.07, 6.45) is 4.82. The normalized spacial score (nSPS) is 17.3. The molecule has 1 atom stereocenters. The van der Waals surface area contributed by atoms with Crippen molar-refractivity contribution in [3.05, 3.63) is 64.2 Å². The van der Waals surface area contributed by atoms with Crippen LogP contribution in [0.5, 0.6) is 0 Å². The lowest BCUT2D eigenvalue weighted by molar-refractivity contribution is -0.160. The number of aryl methyl sites for hydroxylation is 2. The van der Waals surface area contributed by atoms with Crippen molar-refractivity contribution in [3.63, 3.8) is 0 Å². The fraction of sp³-hybridized carbons (Fsp3) is 0.500. The second-order valence-corrected chi connectivity index (χ2v) is 13.6. The van der Waals surface area contributed by atoms with E-state index in [1.807, 2.05) is 34.6 Å². The molecule has 9 nitrogen and oxygen atoms in total. The molecule has 0 bridgehead atoms. The van der Waals surface area contributed by atoms with E-state index in [4.69, 9.17) is 15.0 Å². The van der Waals surface area contributed by atoms with Gasteiger partial charge in [0.25, 0.3) is 0 Å². The Morgan fingerprint density at radius 1 is 1.05 bits per heavy atom. The average molecular weight is 583 g/mol. The second-order valence-electron chi connectivity index (χ2n) is 13.6. The van der Waals surface area contributed by atoms with Crippen molar-refractivity contribution in [2.24, 2.45) is 5.41 Å². The maximum absolute atomic E-state index is 12.8. The molecule has 9 heteroatoms. The molecule has 5 rings (SSSR count). The summed E-state index contributed by atoms with van der Waals surface area (Å²) in [7, 11) is 0. The highest BCUT2D eigenvalue weighted by molar-refractivity contribution is 5.88. The van der Waals surface area contributed by atoms with Gasteiger partial charge in [0.1, 0.15) is 6.07 Å². The summed E-state index contributed by atoms with van der Waals surface area (Å²) in [5, 5.41) is 19.5. The number of hydrogen-bond donors (Lipinski definition) is 1. The molecule has 1 fully saturated rings. The average Bonchev–Trinajstić information content (AvgIpc) is 2.95. The van der Waals surface area contributed by atoms with Gasteiger partial charge >= 0.3 is 5.97 Å². The van der Waals surface area contributed by atoms with Crippen molar-refractivity contribution in [3.8, 4) is 17.2 Å². The molecule has 43 heavy (non-hydrogen) atoms. The van der Waals surface area contributed by atoms with E-state index in [9.17, 15) is 9.90 Å². The van der Waals surface area contributed by atoms with Gasteiger partial charge in [-0.25, -0.2) is 14.8 Å². The van der Waals surface area contributed by atoms with Crippen molar-refractivity contribution < 1.29 is 14.6 Å². The van der Waals surface area contributed by atoms with Gasteiger partial charge in [0, 0.05) is 48.7 Å². The molecule has 1 N–H and O–H groups in total. The fourth-order valence-corrected chi connectivity index (χ4v) is 6.18. The number of anilines is 2. The van der Waals surface area contributed by atoms with Crippen molar-refractivity contribution in [2.45, 2.75) is 86.0 Å². The molecule has 0 spiro atoms. The first kappa shape index (κ1) is 30.4. The van der Waals surface area contributed by atoms with Crippen LogP contribution in [0.25, 0.3) is 11.1 Å². The molecule has 2 aliphatic heterocycles. The van der Waals surface area contributed by atoms with Gasteiger partial charge < -0.3 is 19.6 Å². The Labute approximate surface area is 254 Å². The molecule has 4 heterocycles. The van der Waals surface area contributed by atoms with Gasteiger partial charge in [0.2, 0.25) is 5.95 Å². The summed E-state index contributed by atoms with van der Waals surface area (Å²) < 4.78 is 6.23. The zero-order chi connectivity index (χ0) is 31.1. The molecular weight excluding hydrogens is 540 g/mol. The number of carboxylic acids is 1. The van der Waals surface area contributed by atoms with Gasteiger partial charge in [-0.2, -0.15) is 5.26 Å². The lowest BCUT2D eigenvalue weighted by Gasteiger charge is -2.41. The van der Waals surface area contributed by atoms with Crippen LogP contribution in [-0.2, 0) is 22.5 Å². The van der Waals surface area contributed by atoms with E-state index in [0.717, 1.165) is 61.4 Å². The standard InChI is InChI=1S/C34H42N6O3/c1-21-27(25-8-9-26-20-40(13-10-24(26)16-25)32-36-18-23(17-35)19-37-32)29(39-14-11-34(6,7)12-15-39)28(22(2)38-21)30(31(41)42)43-33(3,4)5/h8-9,16,18-19,30H,10-15,20H2,1-7H3,(H,41,42). The van der Waals surface area contributed by atoms with E-state index in [-0.39, 0.29) is 5.41 Å². The minimum absolute atomic E-state index is 0.235. The van der Waals surface area contributed by atoms with Crippen molar-refractivity contribution in [2.75, 3.05) is 29.4 Å². The molecule has 1 saturated heterocycles. The van der Waals surface area contributed by atoms with Crippen LogP contribution in [0.4, 0.5) is 11.6 Å². The highest BCUT2D eigenvalue weighted by Gasteiger charge is 2.36. The number of piperidine rings is 1. The van der Waals surface area contributed by atoms with E-state index < -0.39 is 17.7 Å².